The molecule has 3 aromatic rings. The van der Waals surface area contributed by atoms with Crippen molar-refractivity contribution in [3.8, 4) is 0 Å². The van der Waals surface area contributed by atoms with Gasteiger partial charge in [-0.1, -0.05) is 44.0 Å². The zero-order valence-electron chi connectivity index (χ0n) is 19.1. The van der Waals surface area contributed by atoms with Crippen molar-refractivity contribution < 1.29 is 14.0 Å². The topological polar surface area (TPSA) is 100 Å². The normalized spacial score (nSPS) is 10.6. The zero-order chi connectivity index (χ0) is 24.5. The van der Waals surface area contributed by atoms with E-state index in [1.54, 1.807) is 59.6 Å². The van der Waals surface area contributed by atoms with E-state index < -0.39 is 5.82 Å². The van der Waals surface area contributed by atoms with Gasteiger partial charge in [0.1, 0.15) is 11.5 Å². The van der Waals surface area contributed by atoms with E-state index in [9.17, 15) is 14.0 Å². The fraction of sp³-hybridized carbons (Fsp3) is 0.240. The number of benzene rings is 2. The number of carbonyl (C=O) groups excluding carboxylic acids is 2. The van der Waals surface area contributed by atoms with Crippen LogP contribution in [0.1, 0.15) is 42.2 Å². The maximum atomic E-state index is 13.9. The van der Waals surface area contributed by atoms with Gasteiger partial charge in [0.25, 0.3) is 5.91 Å². The van der Waals surface area contributed by atoms with Gasteiger partial charge in [-0.25, -0.2) is 9.18 Å². The molecule has 1 heterocycles. The summed E-state index contributed by atoms with van der Waals surface area (Å²) in [6, 6.07) is 14.6. The van der Waals surface area contributed by atoms with Gasteiger partial charge in [-0.05, 0) is 42.3 Å². The van der Waals surface area contributed by atoms with E-state index >= 15 is 0 Å². The van der Waals surface area contributed by atoms with Crippen LogP contribution in [0.15, 0.2) is 60.8 Å². The van der Waals surface area contributed by atoms with E-state index in [1.165, 1.54) is 6.07 Å². The van der Waals surface area contributed by atoms with Gasteiger partial charge in [0.05, 0.1) is 11.4 Å². The second-order valence-electron chi connectivity index (χ2n) is 7.89. The number of carbonyl (C=O) groups is 2. The van der Waals surface area contributed by atoms with E-state index in [-0.39, 0.29) is 17.6 Å². The summed E-state index contributed by atoms with van der Waals surface area (Å²) < 4.78 is 13.9. The van der Waals surface area contributed by atoms with Gasteiger partial charge in [0.15, 0.2) is 0 Å². The standard InChI is InChI=1S/C25H29FN5O2P/c1-2-3-6-13-31(25(33)29-18-10-12-23(34)19(26)14-18)16-17-9-11-22(28-15-17)24(32)30-21-8-5-4-7-20(21)27/h4-5,7-12,14-15H,2-3,6,13,16,27,34H2,1H3,(H,29,33)(H,30,32). The van der Waals surface area contributed by atoms with Crippen molar-refractivity contribution in [2.45, 2.75) is 32.7 Å². The predicted molar refractivity (Wildman–Crippen MR) is 138 cm³/mol. The third kappa shape index (κ3) is 6.99. The van der Waals surface area contributed by atoms with Crippen LogP contribution in [-0.2, 0) is 6.54 Å². The van der Waals surface area contributed by atoms with Gasteiger partial charge < -0.3 is 21.3 Å². The number of pyridine rings is 1. The van der Waals surface area contributed by atoms with E-state index in [0.29, 0.717) is 35.5 Å². The Labute approximate surface area is 201 Å². The van der Waals surface area contributed by atoms with Crippen molar-refractivity contribution in [2.24, 2.45) is 0 Å². The maximum absolute atomic E-state index is 13.9. The molecule has 3 rings (SSSR count). The second kappa shape index (κ2) is 12.1. The Balaban J connectivity index is 1.67. The molecule has 0 aliphatic heterocycles. The number of urea groups is 1. The molecule has 0 fully saturated rings. The number of hydrogen-bond acceptors (Lipinski definition) is 4. The summed E-state index contributed by atoms with van der Waals surface area (Å²) in [5.74, 6) is -0.780. The number of nitrogens with two attached hydrogens (primary N) is 1. The van der Waals surface area contributed by atoms with Crippen molar-refractivity contribution in [3.63, 3.8) is 0 Å². The van der Waals surface area contributed by atoms with Gasteiger partial charge in [-0.15, -0.1) is 9.24 Å². The highest BCUT2D eigenvalue weighted by atomic mass is 31.0. The molecular formula is C25H29FN5O2P. The lowest BCUT2D eigenvalue weighted by molar-refractivity contribution is 0.102. The Kier molecular flexibility index (Phi) is 8.93. The third-order valence-corrected chi connectivity index (χ3v) is 5.68. The Hall–Kier alpha value is -3.51. The number of rotatable bonds is 9. The first-order valence-electron chi connectivity index (χ1n) is 11.1. The molecule has 3 amide bonds. The van der Waals surface area contributed by atoms with Crippen molar-refractivity contribution in [2.75, 3.05) is 22.9 Å². The molecule has 178 valence electrons. The Bertz CT molecular complexity index is 1140. The number of para-hydroxylation sites is 2. The minimum atomic E-state index is -0.407. The Morgan fingerprint density at radius 3 is 2.56 bits per heavy atom. The number of unbranched alkanes of at least 4 members (excludes halogenated alkanes) is 2. The van der Waals surface area contributed by atoms with Crippen molar-refractivity contribution in [1.29, 1.82) is 0 Å². The average Bonchev–Trinajstić information content (AvgIpc) is 2.82. The SMILES string of the molecule is CCCCCN(Cc1ccc(C(=O)Nc2ccccc2N)nc1)C(=O)Nc1ccc(P)c(F)c1. The molecular weight excluding hydrogens is 452 g/mol. The van der Waals surface area contributed by atoms with Crippen molar-refractivity contribution in [1.82, 2.24) is 9.88 Å². The van der Waals surface area contributed by atoms with Gasteiger partial charge >= 0.3 is 6.03 Å². The fourth-order valence-corrected chi connectivity index (χ4v) is 3.46. The highest BCUT2D eigenvalue weighted by Gasteiger charge is 2.16. The van der Waals surface area contributed by atoms with Crippen molar-refractivity contribution in [3.05, 3.63) is 77.9 Å². The van der Waals surface area contributed by atoms with Crippen LogP contribution in [-0.4, -0.2) is 28.4 Å². The molecule has 2 aromatic carbocycles. The summed E-state index contributed by atoms with van der Waals surface area (Å²) in [4.78, 5) is 31.3. The summed E-state index contributed by atoms with van der Waals surface area (Å²) >= 11 is 0. The molecule has 7 nitrogen and oxygen atoms in total. The van der Waals surface area contributed by atoms with Gasteiger partial charge in [0, 0.05) is 30.3 Å². The molecule has 0 aliphatic carbocycles. The number of amides is 3. The summed E-state index contributed by atoms with van der Waals surface area (Å²) in [5.41, 5.74) is 8.26. The van der Waals surface area contributed by atoms with Crippen LogP contribution >= 0.6 is 9.24 Å². The number of hydrogen-bond donors (Lipinski definition) is 3. The molecule has 0 radical (unpaired) electrons. The van der Waals surface area contributed by atoms with E-state index in [0.717, 1.165) is 24.8 Å². The second-order valence-corrected chi connectivity index (χ2v) is 8.51. The molecule has 4 N–H and O–H groups in total. The largest absolute Gasteiger partial charge is 0.397 e. The number of halogens is 1. The lowest BCUT2D eigenvalue weighted by atomic mass is 10.2. The van der Waals surface area contributed by atoms with E-state index in [1.807, 2.05) is 0 Å². The third-order valence-electron chi connectivity index (χ3n) is 5.21. The van der Waals surface area contributed by atoms with Gasteiger partial charge in [-0.3, -0.25) is 9.78 Å². The molecule has 0 aliphatic rings. The van der Waals surface area contributed by atoms with Crippen LogP contribution in [0.2, 0.25) is 0 Å². The minimum absolute atomic E-state index is 0.238. The molecule has 0 saturated carbocycles. The molecule has 1 aromatic heterocycles. The monoisotopic (exact) mass is 481 g/mol. The minimum Gasteiger partial charge on any atom is -0.397 e. The summed E-state index contributed by atoms with van der Waals surface area (Å²) in [5, 5.41) is 5.94. The Morgan fingerprint density at radius 2 is 1.88 bits per heavy atom. The maximum Gasteiger partial charge on any atom is 0.322 e. The smallest absolute Gasteiger partial charge is 0.322 e. The van der Waals surface area contributed by atoms with Crippen LogP contribution in [0.5, 0.6) is 0 Å². The first-order valence-corrected chi connectivity index (χ1v) is 11.7. The Morgan fingerprint density at radius 1 is 1.09 bits per heavy atom. The molecule has 0 spiro atoms. The van der Waals surface area contributed by atoms with E-state index in [2.05, 4.69) is 31.8 Å². The summed E-state index contributed by atoms with van der Waals surface area (Å²) in [6.07, 6.45) is 4.43. The number of aromatic nitrogens is 1. The summed E-state index contributed by atoms with van der Waals surface area (Å²) in [7, 11) is 2.31. The molecule has 1 atom stereocenters. The first kappa shape index (κ1) is 25.1. The molecule has 34 heavy (non-hydrogen) atoms. The molecule has 0 saturated heterocycles. The fourth-order valence-electron chi connectivity index (χ4n) is 3.28. The molecule has 1 unspecified atom stereocenters. The quantitative estimate of drug-likeness (QED) is 0.233. The zero-order valence-corrected chi connectivity index (χ0v) is 20.2. The van der Waals surface area contributed by atoms with Crippen LogP contribution in [0.4, 0.5) is 26.2 Å². The van der Waals surface area contributed by atoms with Crippen molar-refractivity contribution >= 4 is 43.5 Å². The highest BCUT2D eigenvalue weighted by molar-refractivity contribution is 7.27. The van der Waals surface area contributed by atoms with Crippen LogP contribution in [0, 0.1) is 5.82 Å². The summed E-state index contributed by atoms with van der Waals surface area (Å²) in [6.45, 7) is 2.94. The van der Waals surface area contributed by atoms with E-state index in [4.69, 9.17) is 5.73 Å². The highest BCUT2D eigenvalue weighted by Crippen LogP contribution is 2.18. The number of anilines is 3. The molecule has 9 heteroatoms. The van der Waals surface area contributed by atoms with Crippen LogP contribution in [0.25, 0.3) is 0 Å². The average molecular weight is 482 g/mol. The van der Waals surface area contributed by atoms with Crippen LogP contribution in [0.3, 0.4) is 0 Å². The number of nitrogen functional groups attached to an aromatic ring is 1. The number of nitrogens with zero attached hydrogens (tertiary/aromatic N) is 2. The molecule has 0 bridgehead atoms. The van der Waals surface area contributed by atoms with Gasteiger partial charge in [-0.2, -0.15) is 0 Å². The van der Waals surface area contributed by atoms with Crippen LogP contribution < -0.4 is 21.7 Å². The first-order chi connectivity index (χ1) is 16.4. The van der Waals surface area contributed by atoms with Gasteiger partial charge in [0.2, 0.25) is 0 Å². The number of nitrogens with one attached hydrogen (secondary N) is 2. The lowest BCUT2D eigenvalue weighted by Gasteiger charge is -2.23. The predicted octanol–water partition coefficient (Wildman–Crippen LogP) is 4.78. The lowest BCUT2D eigenvalue weighted by Crippen LogP contribution is -2.35.